The maximum atomic E-state index is 14.5. The highest BCUT2D eigenvalue weighted by molar-refractivity contribution is 5.96. The van der Waals surface area contributed by atoms with Gasteiger partial charge in [-0.2, -0.15) is 0 Å². The van der Waals surface area contributed by atoms with Gasteiger partial charge in [0, 0.05) is 16.4 Å². The molecule has 2 amide bonds. The Morgan fingerprint density at radius 3 is 2.37 bits per heavy atom. The standard InChI is InChI=1S/C45H57N3O3/c1-27-18-21-45(40(50)48-47-39(49)29-12-10-9-11-13-29)23-22-43(6)33(37(45)28(27)2)15-17-36-42(5)26-31-24-30-25-32(51-8)14-16-34(30)46-38(31)41(3,4)35(42)19-20-44(36,43)7/h9-16,24-25,27-28,35-37H,17-23,26H2,1-8H3,(H,47,49)(H,48,50)/t27-,28+,35+,36-,37+,42+,43-,44-,45+/m1/s1. The van der Waals surface area contributed by atoms with Crippen molar-refractivity contribution in [2.75, 3.05) is 7.11 Å². The smallest absolute Gasteiger partial charge is 0.269 e. The van der Waals surface area contributed by atoms with Gasteiger partial charge < -0.3 is 4.74 Å². The van der Waals surface area contributed by atoms with Gasteiger partial charge in [0.15, 0.2) is 0 Å². The van der Waals surface area contributed by atoms with Crippen LogP contribution in [0.15, 0.2) is 66.2 Å². The summed E-state index contributed by atoms with van der Waals surface area (Å²) in [5.41, 5.74) is 11.2. The molecule has 3 fully saturated rings. The number of methoxy groups -OCH3 is 1. The van der Waals surface area contributed by atoms with Gasteiger partial charge in [-0.1, -0.05) is 78.3 Å². The fourth-order valence-electron chi connectivity index (χ4n) is 13.2. The zero-order valence-corrected chi connectivity index (χ0v) is 32.0. The number of ether oxygens (including phenoxy) is 1. The van der Waals surface area contributed by atoms with E-state index in [0.29, 0.717) is 29.2 Å². The van der Waals surface area contributed by atoms with E-state index < -0.39 is 5.41 Å². The van der Waals surface area contributed by atoms with Crippen LogP contribution in [0.4, 0.5) is 0 Å². The van der Waals surface area contributed by atoms with Gasteiger partial charge in [0.1, 0.15) is 5.75 Å². The minimum Gasteiger partial charge on any atom is -0.497 e. The van der Waals surface area contributed by atoms with Crippen molar-refractivity contribution in [2.24, 2.45) is 51.2 Å². The molecule has 9 atom stereocenters. The quantitative estimate of drug-likeness (QED) is 0.212. The normalized spacial score (nSPS) is 37.7. The number of carbonyl (C=O) groups excluding carboxylic acids is 2. The number of nitrogens with zero attached hydrogens (tertiary/aromatic N) is 1. The lowest BCUT2D eigenvalue weighted by molar-refractivity contribution is -0.170. The Kier molecular flexibility index (Phi) is 7.87. The maximum Gasteiger partial charge on any atom is 0.269 e. The van der Waals surface area contributed by atoms with Crippen LogP contribution in [0, 0.1) is 51.2 Å². The molecule has 1 aromatic heterocycles. The molecule has 6 heteroatoms. The summed E-state index contributed by atoms with van der Waals surface area (Å²) in [6.45, 7) is 17.5. The average molecular weight is 688 g/mol. The lowest BCUT2D eigenvalue weighted by Gasteiger charge is -2.71. The lowest BCUT2D eigenvalue weighted by Crippen LogP contribution is -2.66. The number of nitrogens with one attached hydrogen (secondary N) is 2. The second-order valence-electron chi connectivity index (χ2n) is 18.5. The molecule has 0 aliphatic heterocycles. The molecule has 0 unspecified atom stereocenters. The van der Waals surface area contributed by atoms with Crippen LogP contribution in [0.2, 0.25) is 0 Å². The van der Waals surface area contributed by atoms with E-state index in [-0.39, 0.29) is 39.4 Å². The average Bonchev–Trinajstić information content (AvgIpc) is 3.11. The highest BCUT2D eigenvalue weighted by Gasteiger charge is 2.69. The molecule has 5 aliphatic rings. The van der Waals surface area contributed by atoms with Gasteiger partial charge in [-0.3, -0.25) is 25.4 Å². The Balaban J connectivity index is 1.16. The Morgan fingerprint density at radius 1 is 0.863 bits per heavy atom. The van der Waals surface area contributed by atoms with Crippen LogP contribution < -0.4 is 15.6 Å². The van der Waals surface area contributed by atoms with Crippen molar-refractivity contribution in [3.63, 3.8) is 0 Å². The molecule has 2 aromatic carbocycles. The van der Waals surface area contributed by atoms with E-state index in [1.54, 1.807) is 19.2 Å². The summed E-state index contributed by atoms with van der Waals surface area (Å²) in [5.74, 6) is 2.72. The van der Waals surface area contributed by atoms with Crippen LogP contribution in [0.25, 0.3) is 10.9 Å². The number of hydrogen-bond donors (Lipinski definition) is 2. The summed E-state index contributed by atoms with van der Waals surface area (Å²) >= 11 is 0. The molecule has 1 heterocycles. The number of hydrogen-bond acceptors (Lipinski definition) is 4. The van der Waals surface area contributed by atoms with E-state index in [1.165, 1.54) is 29.7 Å². The predicted molar refractivity (Wildman–Crippen MR) is 203 cm³/mol. The van der Waals surface area contributed by atoms with Gasteiger partial charge in [0.05, 0.1) is 23.7 Å². The SMILES string of the molecule is COc1ccc2nc3c(cc2c1)C[C@]1(C)[C@H]2CC=C4[C@@H]5[C@@H](C)[C@H](C)CC[C@]5(C(=O)NNC(=O)c5ccccc5)CC[C@@]4(C)[C@]2(C)CC[C@H]1C3(C)C. The van der Waals surface area contributed by atoms with Crippen molar-refractivity contribution in [3.8, 4) is 5.75 Å². The van der Waals surface area contributed by atoms with Crippen molar-refractivity contribution in [3.05, 3.63) is 83.1 Å². The van der Waals surface area contributed by atoms with Gasteiger partial charge in [-0.15, -0.1) is 0 Å². The molecule has 0 saturated heterocycles. The summed E-state index contributed by atoms with van der Waals surface area (Å²) < 4.78 is 5.60. The summed E-state index contributed by atoms with van der Waals surface area (Å²) in [7, 11) is 1.73. The maximum absolute atomic E-state index is 14.5. The first kappa shape index (κ1) is 34.4. The first-order chi connectivity index (χ1) is 24.2. The summed E-state index contributed by atoms with van der Waals surface area (Å²) in [5, 5.41) is 1.16. The molecule has 5 aliphatic carbocycles. The van der Waals surface area contributed by atoms with Crippen molar-refractivity contribution in [1.82, 2.24) is 15.8 Å². The Labute approximate surface area is 304 Å². The van der Waals surface area contributed by atoms with E-state index in [2.05, 4.69) is 83.6 Å². The van der Waals surface area contributed by atoms with Crippen molar-refractivity contribution < 1.29 is 14.3 Å². The Morgan fingerprint density at radius 2 is 1.63 bits per heavy atom. The third-order valence-electron chi connectivity index (χ3n) is 16.2. The zero-order valence-electron chi connectivity index (χ0n) is 32.0. The molecule has 6 nitrogen and oxygen atoms in total. The fourth-order valence-corrected chi connectivity index (χ4v) is 13.2. The number of rotatable bonds is 3. The van der Waals surface area contributed by atoms with Crippen LogP contribution in [0.1, 0.15) is 115 Å². The molecular weight excluding hydrogens is 631 g/mol. The second kappa shape index (κ2) is 11.7. The summed E-state index contributed by atoms with van der Waals surface area (Å²) in [6.07, 6.45) is 10.8. The minimum atomic E-state index is -0.523. The van der Waals surface area contributed by atoms with Gasteiger partial charge in [0.2, 0.25) is 5.91 Å². The number of fused-ring (bicyclic) bond motifs is 9. The van der Waals surface area contributed by atoms with Gasteiger partial charge >= 0.3 is 0 Å². The number of aromatic nitrogens is 1. The van der Waals surface area contributed by atoms with E-state index in [9.17, 15) is 9.59 Å². The molecular formula is C45H57N3O3. The molecule has 3 saturated carbocycles. The van der Waals surface area contributed by atoms with E-state index in [4.69, 9.17) is 9.72 Å². The number of hydrazine groups is 1. The van der Waals surface area contributed by atoms with E-state index in [0.717, 1.165) is 55.2 Å². The van der Waals surface area contributed by atoms with E-state index in [1.807, 2.05) is 24.3 Å². The number of benzene rings is 2. The molecule has 0 bridgehead atoms. The van der Waals surface area contributed by atoms with Crippen LogP contribution in [0.3, 0.4) is 0 Å². The van der Waals surface area contributed by atoms with Gasteiger partial charge in [-0.25, -0.2) is 0 Å². The molecule has 8 rings (SSSR count). The largest absolute Gasteiger partial charge is 0.497 e. The zero-order chi connectivity index (χ0) is 36.1. The molecule has 2 N–H and O–H groups in total. The highest BCUT2D eigenvalue weighted by atomic mass is 16.5. The van der Waals surface area contributed by atoms with Gasteiger partial charge in [0.25, 0.3) is 5.91 Å². The van der Waals surface area contributed by atoms with Crippen molar-refractivity contribution in [1.29, 1.82) is 0 Å². The molecule has 0 spiro atoms. The lowest BCUT2D eigenvalue weighted by atomic mass is 9.33. The highest BCUT2D eigenvalue weighted by Crippen LogP contribution is 2.75. The Hall–Kier alpha value is -3.67. The summed E-state index contributed by atoms with van der Waals surface area (Å²) in [4.78, 5) is 32.8. The number of carbonyl (C=O) groups is 2. The Bertz CT molecular complexity index is 1940. The third-order valence-corrected chi connectivity index (χ3v) is 16.2. The molecule has 270 valence electrons. The molecule has 51 heavy (non-hydrogen) atoms. The number of allylic oxidation sites excluding steroid dienone is 2. The third kappa shape index (κ3) is 4.76. The minimum absolute atomic E-state index is 0.00360. The molecule has 0 radical (unpaired) electrons. The summed E-state index contributed by atoms with van der Waals surface area (Å²) in [6, 6.07) is 17.8. The van der Waals surface area contributed by atoms with Crippen molar-refractivity contribution >= 4 is 22.7 Å². The van der Waals surface area contributed by atoms with Crippen LogP contribution in [-0.4, -0.2) is 23.9 Å². The van der Waals surface area contributed by atoms with Gasteiger partial charge in [-0.05, 0) is 139 Å². The number of amides is 2. The van der Waals surface area contributed by atoms with Crippen molar-refractivity contribution in [2.45, 2.75) is 105 Å². The number of pyridine rings is 1. The monoisotopic (exact) mass is 687 g/mol. The molecule has 3 aromatic rings. The first-order valence-corrected chi connectivity index (χ1v) is 19.5. The fraction of sp³-hybridized carbons (Fsp3) is 0.578. The first-order valence-electron chi connectivity index (χ1n) is 19.5. The van der Waals surface area contributed by atoms with Crippen LogP contribution in [-0.2, 0) is 16.6 Å². The van der Waals surface area contributed by atoms with E-state index >= 15 is 0 Å². The van der Waals surface area contributed by atoms with Crippen LogP contribution >= 0.6 is 0 Å². The second-order valence-corrected chi connectivity index (χ2v) is 18.5. The topological polar surface area (TPSA) is 80.3 Å². The van der Waals surface area contributed by atoms with Crippen LogP contribution in [0.5, 0.6) is 5.75 Å². The predicted octanol–water partition coefficient (Wildman–Crippen LogP) is 9.38.